The molecule has 0 N–H and O–H groups in total. The van der Waals surface area contributed by atoms with Crippen LogP contribution in [0.1, 0.15) is 18.9 Å². The van der Waals surface area contributed by atoms with Gasteiger partial charge in [0.25, 0.3) is 0 Å². The summed E-state index contributed by atoms with van der Waals surface area (Å²) in [5.41, 5.74) is 0.528. The molecule has 2 rings (SSSR count). The first-order chi connectivity index (χ1) is 7.68. The van der Waals surface area contributed by atoms with Gasteiger partial charge in [0.1, 0.15) is 5.82 Å². The molecule has 0 spiro atoms. The Labute approximate surface area is 97.3 Å². The molecule has 0 saturated carbocycles. The number of ether oxygens (including phenoxy) is 1. The van der Waals surface area contributed by atoms with Crippen LogP contribution >= 0.6 is 0 Å². The van der Waals surface area contributed by atoms with Crippen molar-refractivity contribution in [1.29, 1.82) is 0 Å². The lowest BCUT2D eigenvalue weighted by Gasteiger charge is -2.13. The van der Waals surface area contributed by atoms with Crippen LogP contribution in [-0.2, 0) is 21.3 Å². The van der Waals surface area contributed by atoms with Gasteiger partial charge in [-0.1, -0.05) is 18.2 Å². The van der Waals surface area contributed by atoms with Crippen LogP contribution in [0.4, 0.5) is 4.39 Å². The summed E-state index contributed by atoms with van der Waals surface area (Å²) in [6.07, 6.45) is 0.829. The molecule has 1 saturated heterocycles. The summed E-state index contributed by atoms with van der Waals surface area (Å²) < 4.78 is 30.8. The van der Waals surface area contributed by atoms with E-state index >= 15 is 0 Å². The van der Waals surface area contributed by atoms with Gasteiger partial charge in [0.2, 0.25) is 0 Å². The summed E-state index contributed by atoms with van der Waals surface area (Å²) in [5, 5.41) is 0.0413. The Hall–Kier alpha value is -0.740. The molecule has 1 heterocycles. The minimum Gasteiger partial charge on any atom is -0.377 e. The zero-order chi connectivity index (χ0) is 11.5. The van der Waals surface area contributed by atoms with Gasteiger partial charge in [-0.25, -0.2) is 4.39 Å². The highest BCUT2D eigenvalue weighted by Gasteiger charge is 2.29. The van der Waals surface area contributed by atoms with E-state index in [1.807, 2.05) is 6.92 Å². The third-order valence-electron chi connectivity index (χ3n) is 2.90. The van der Waals surface area contributed by atoms with E-state index in [-0.39, 0.29) is 22.9 Å². The van der Waals surface area contributed by atoms with Crippen molar-refractivity contribution < 1.29 is 13.3 Å². The molecule has 3 atom stereocenters. The zero-order valence-electron chi connectivity index (χ0n) is 9.19. The van der Waals surface area contributed by atoms with E-state index in [9.17, 15) is 8.60 Å². The molecule has 1 aromatic rings. The Morgan fingerprint density at radius 2 is 2.25 bits per heavy atom. The molecule has 16 heavy (non-hydrogen) atoms. The van der Waals surface area contributed by atoms with Crippen molar-refractivity contribution in [3.63, 3.8) is 0 Å². The van der Waals surface area contributed by atoms with Crippen molar-refractivity contribution in [3.05, 3.63) is 35.6 Å². The first-order valence-electron chi connectivity index (χ1n) is 5.40. The van der Waals surface area contributed by atoms with E-state index in [1.54, 1.807) is 18.2 Å². The maximum Gasteiger partial charge on any atom is 0.127 e. The van der Waals surface area contributed by atoms with E-state index in [0.717, 1.165) is 6.42 Å². The van der Waals surface area contributed by atoms with Gasteiger partial charge < -0.3 is 4.74 Å². The highest BCUT2D eigenvalue weighted by atomic mass is 32.2. The Balaban J connectivity index is 2.05. The van der Waals surface area contributed by atoms with Gasteiger partial charge in [-0.3, -0.25) is 4.21 Å². The van der Waals surface area contributed by atoms with Gasteiger partial charge in [-0.05, 0) is 19.4 Å². The zero-order valence-corrected chi connectivity index (χ0v) is 10.0. The number of hydrogen-bond donors (Lipinski definition) is 0. The highest BCUT2D eigenvalue weighted by molar-refractivity contribution is 7.84. The van der Waals surface area contributed by atoms with Gasteiger partial charge in [0.15, 0.2) is 0 Å². The van der Waals surface area contributed by atoms with Gasteiger partial charge in [0.05, 0.1) is 17.1 Å². The third-order valence-corrected chi connectivity index (χ3v) is 4.79. The van der Waals surface area contributed by atoms with Crippen LogP contribution in [0.25, 0.3) is 0 Å². The molecule has 1 aliphatic heterocycles. The lowest BCUT2D eigenvalue weighted by atomic mass is 10.2. The van der Waals surface area contributed by atoms with E-state index in [0.29, 0.717) is 12.2 Å². The topological polar surface area (TPSA) is 26.3 Å². The predicted octanol–water partition coefficient (Wildman–Crippen LogP) is 2.25. The molecular weight excluding hydrogens is 227 g/mol. The third kappa shape index (κ3) is 2.50. The van der Waals surface area contributed by atoms with E-state index in [1.165, 1.54) is 6.07 Å². The fourth-order valence-electron chi connectivity index (χ4n) is 1.93. The van der Waals surface area contributed by atoms with Crippen LogP contribution in [0.3, 0.4) is 0 Å². The van der Waals surface area contributed by atoms with Gasteiger partial charge >= 0.3 is 0 Å². The van der Waals surface area contributed by atoms with Crippen molar-refractivity contribution in [2.24, 2.45) is 0 Å². The molecule has 1 fully saturated rings. The fraction of sp³-hybridized carbons (Fsp3) is 0.500. The van der Waals surface area contributed by atoms with E-state index in [2.05, 4.69) is 0 Å². The van der Waals surface area contributed by atoms with Gasteiger partial charge in [-0.15, -0.1) is 0 Å². The minimum atomic E-state index is -1.05. The predicted molar refractivity (Wildman–Crippen MR) is 62.1 cm³/mol. The van der Waals surface area contributed by atoms with Crippen LogP contribution in [0.15, 0.2) is 24.3 Å². The first-order valence-corrected chi connectivity index (χ1v) is 6.79. The standard InChI is InChI=1S/C12H15FO2S/c1-9-12(6-7-15-9)16(14)8-10-4-2-3-5-11(10)13/h2-5,9,12H,6-8H2,1H3. The number of rotatable bonds is 3. The van der Waals surface area contributed by atoms with Gasteiger partial charge in [-0.2, -0.15) is 0 Å². The molecule has 2 nitrogen and oxygen atoms in total. The molecule has 1 aliphatic rings. The molecule has 88 valence electrons. The Kier molecular flexibility index (Phi) is 3.71. The number of hydrogen-bond acceptors (Lipinski definition) is 2. The van der Waals surface area contributed by atoms with E-state index in [4.69, 9.17) is 4.74 Å². The summed E-state index contributed by atoms with van der Waals surface area (Å²) >= 11 is 0. The Morgan fingerprint density at radius 3 is 2.88 bits per heavy atom. The second kappa shape index (κ2) is 5.06. The van der Waals surface area contributed by atoms with E-state index < -0.39 is 10.8 Å². The van der Waals surface area contributed by atoms with Crippen LogP contribution in [0.2, 0.25) is 0 Å². The maximum atomic E-state index is 13.4. The van der Waals surface area contributed by atoms with Crippen molar-refractivity contribution in [3.8, 4) is 0 Å². The second-order valence-corrected chi connectivity index (χ2v) is 5.68. The van der Waals surface area contributed by atoms with Crippen molar-refractivity contribution in [1.82, 2.24) is 0 Å². The van der Waals surface area contributed by atoms with Crippen LogP contribution in [0.5, 0.6) is 0 Å². The molecule has 0 bridgehead atoms. The summed E-state index contributed by atoms with van der Waals surface area (Å²) in [4.78, 5) is 0. The van der Waals surface area contributed by atoms with Gasteiger partial charge in [0, 0.05) is 23.0 Å². The normalized spacial score (nSPS) is 26.9. The molecule has 1 aromatic carbocycles. The lowest BCUT2D eigenvalue weighted by Crippen LogP contribution is -2.24. The minimum absolute atomic E-state index is 0.0209. The monoisotopic (exact) mass is 242 g/mol. The lowest BCUT2D eigenvalue weighted by molar-refractivity contribution is 0.127. The average Bonchev–Trinajstić information content (AvgIpc) is 2.68. The van der Waals surface area contributed by atoms with Crippen molar-refractivity contribution >= 4 is 10.8 Å². The smallest absolute Gasteiger partial charge is 0.127 e. The Bertz CT molecular complexity index is 394. The first kappa shape index (κ1) is 11.7. The molecule has 0 aliphatic carbocycles. The van der Waals surface area contributed by atoms with Crippen LogP contribution in [-0.4, -0.2) is 22.2 Å². The maximum absolute atomic E-state index is 13.4. The van der Waals surface area contributed by atoms with Crippen LogP contribution < -0.4 is 0 Å². The molecule has 0 aromatic heterocycles. The fourth-order valence-corrected chi connectivity index (χ4v) is 3.55. The summed E-state index contributed by atoms with van der Waals surface area (Å²) in [6, 6.07) is 6.50. The molecular formula is C12H15FO2S. The number of halogens is 1. The average molecular weight is 242 g/mol. The van der Waals surface area contributed by atoms with Crippen molar-refractivity contribution in [2.75, 3.05) is 6.61 Å². The molecule has 0 amide bonds. The molecule has 4 heteroatoms. The Morgan fingerprint density at radius 1 is 1.50 bits per heavy atom. The quantitative estimate of drug-likeness (QED) is 0.812. The van der Waals surface area contributed by atoms with Crippen molar-refractivity contribution in [2.45, 2.75) is 30.5 Å². The summed E-state index contributed by atoms with van der Waals surface area (Å²) in [5.74, 6) is 0.00724. The molecule has 0 radical (unpaired) electrons. The van der Waals surface area contributed by atoms with Crippen LogP contribution in [0, 0.1) is 5.82 Å². The SMILES string of the molecule is CC1OCCC1S(=O)Cc1ccccc1F. The largest absolute Gasteiger partial charge is 0.377 e. The summed E-state index contributed by atoms with van der Waals surface area (Å²) in [7, 11) is -1.05. The second-order valence-electron chi connectivity index (χ2n) is 4.02. The number of benzene rings is 1. The highest BCUT2D eigenvalue weighted by Crippen LogP contribution is 2.21. The summed E-state index contributed by atoms with van der Waals surface area (Å²) in [6.45, 7) is 2.59. The molecule has 3 unspecified atom stereocenters.